The van der Waals surface area contributed by atoms with Crippen LogP contribution < -0.4 is 16.8 Å². The number of aryl methyl sites for hydroxylation is 1. The summed E-state index contributed by atoms with van der Waals surface area (Å²) >= 11 is 0. The van der Waals surface area contributed by atoms with Crippen molar-refractivity contribution in [3.63, 3.8) is 0 Å². The van der Waals surface area contributed by atoms with Gasteiger partial charge in [-0.15, -0.1) is 0 Å². The minimum atomic E-state index is -4.57. The number of nitrogens with one attached hydrogen (secondary N) is 1. The first kappa shape index (κ1) is 16.8. The largest absolute Gasteiger partial charge is 0.416 e. The van der Waals surface area contributed by atoms with Crippen LogP contribution in [0.1, 0.15) is 27.0 Å². The van der Waals surface area contributed by atoms with Crippen molar-refractivity contribution in [3.05, 3.63) is 58.7 Å². The molecule has 0 heterocycles. The van der Waals surface area contributed by atoms with Gasteiger partial charge >= 0.3 is 6.18 Å². The maximum atomic E-state index is 13.0. The van der Waals surface area contributed by atoms with Crippen molar-refractivity contribution in [3.8, 4) is 0 Å². The van der Waals surface area contributed by atoms with Crippen molar-refractivity contribution in [2.45, 2.75) is 19.6 Å². The third-order valence-corrected chi connectivity index (χ3v) is 3.43. The molecule has 0 aliphatic carbocycles. The molecule has 0 saturated carbocycles. The van der Waals surface area contributed by atoms with Crippen LogP contribution in [0.25, 0.3) is 0 Å². The number of rotatable bonds is 3. The van der Waals surface area contributed by atoms with Gasteiger partial charge in [0.2, 0.25) is 0 Å². The molecular weight excluding hydrogens is 307 g/mol. The number of hydrogen-bond acceptors (Lipinski definition) is 3. The zero-order chi connectivity index (χ0) is 17.2. The normalized spacial score (nSPS) is 11.3. The monoisotopic (exact) mass is 323 g/mol. The molecule has 0 unspecified atom stereocenters. The van der Waals surface area contributed by atoms with Gasteiger partial charge in [0, 0.05) is 23.5 Å². The second kappa shape index (κ2) is 6.29. The Morgan fingerprint density at radius 3 is 2.43 bits per heavy atom. The highest BCUT2D eigenvalue weighted by atomic mass is 19.4. The fraction of sp³-hybridized carbons (Fsp3) is 0.188. The molecule has 7 heteroatoms. The van der Waals surface area contributed by atoms with Gasteiger partial charge in [-0.05, 0) is 42.3 Å². The summed E-state index contributed by atoms with van der Waals surface area (Å²) < 4.78 is 39.0. The summed E-state index contributed by atoms with van der Waals surface area (Å²) in [6.07, 6.45) is -4.57. The van der Waals surface area contributed by atoms with Gasteiger partial charge < -0.3 is 16.8 Å². The maximum absolute atomic E-state index is 13.0. The van der Waals surface area contributed by atoms with E-state index < -0.39 is 17.6 Å². The Bertz CT molecular complexity index is 742. The van der Waals surface area contributed by atoms with Crippen LogP contribution in [0, 0.1) is 6.92 Å². The molecule has 0 spiro atoms. The van der Waals surface area contributed by atoms with E-state index in [1.165, 1.54) is 12.1 Å². The lowest BCUT2D eigenvalue weighted by molar-refractivity contribution is -0.138. The van der Waals surface area contributed by atoms with Gasteiger partial charge in [0.15, 0.2) is 0 Å². The fourth-order valence-corrected chi connectivity index (χ4v) is 2.08. The van der Waals surface area contributed by atoms with Gasteiger partial charge in [-0.25, -0.2) is 0 Å². The summed E-state index contributed by atoms with van der Waals surface area (Å²) in [7, 11) is 0. The molecule has 0 aromatic heterocycles. The molecule has 2 aromatic rings. The van der Waals surface area contributed by atoms with Crippen molar-refractivity contribution in [1.82, 2.24) is 0 Å². The van der Waals surface area contributed by atoms with Crippen LogP contribution >= 0.6 is 0 Å². The van der Waals surface area contributed by atoms with Crippen LogP contribution in [0.15, 0.2) is 36.4 Å². The molecular formula is C16H16F3N3O. The van der Waals surface area contributed by atoms with E-state index in [2.05, 4.69) is 5.32 Å². The molecule has 23 heavy (non-hydrogen) atoms. The lowest BCUT2D eigenvalue weighted by Gasteiger charge is -2.14. The van der Waals surface area contributed by atoms with Gasteiger partial charge in [-0.2, -0.15) is 13.2 Å². The highest BCUT2D eigenvalue weighted by Crippen LogP contribution is 2.32. The van der Waals surface area contributed by atoms with Gasteiger partial charge in [-0.1, -0.05) is 12.1 Å². The zero-order valence-corrected chi connectivity index (χ0v) is 12.4. The minimum absolute atomic E-state index is 0.0615. The summed E-state index contributed by atoms with van der Waals surface area (Å²) in [4.78, 5) is 12.1. The number of alkyl halides is 3. The quantitative estimate of drug-likeness (QED) is 0.758. The Balaban J connectivity index is 2.30. The van der Waals surface area contributed by atoms with Crippen LogP contribution in [0.4, 0.5) is 24.5 Å². The lowest BCUT2D eigenvalue weighted by Crippen LogP contribution is -2.17. The van der Waals surface area contributed by atoms with E-state index in [1.54, 1.807) is 18.2 Å². The number of carbonyl (C=O) groups excluding carboxylic acids is 1. The smallest absolute Gasteiger partial charge is 0.398 e. The predicted octanol–water partition coefficient (Wildman–Crippen LogP) is 3.31. The third-order valence-electron chi connectivity index (χ3n) is 3.43. The maximum Gasteiger partial charge on any atom is 0.416 e. The molecule has 0 fully saturated rings. The predicted molar refractivity (Wildman–Crippen MR) is 82.9 cm³/mol. The molecule has 0 bridgehead atoms. The Kier molecular flexibility index (Phi) is 4.60. The van der Waals surface area contributed by atoms with Crippen LogP contribution in [-0.4, -0.2) is 5.91 Å². The summed E-state index contributed by atoms with van der Waals surface area (Å²) in [5.74, 6) is -0.651. The molecule has 2 rings (SSSR count). The number of anilines is 2. The number of benzene rings is 2. The van der Waals surface area contributed by atoms with Gasteiger partial charge in [0.1, 0.15) is 0 Å². The summed E-state index contributed by atoms with van der Waals surface area (Å²) in [6.45, 7) is 1.55. The van der Waals surface area contributed by atoms with E-state index in [-0.39, 0.29) is 17.7 Å². The molecule has 2 aromatic carbocycles. The molecule has 5 N–H and O–H groups in total. The van der Waals surface area contributed by atoms with E-state index in [0.717, 1.165) is 11.6 Å². The van der Waals surface area contributed by atoms with Crippen molar-refractivity contribution in [2.24, 2.45) is 5.73 Å². The van der Waals surface area contributed by atoms with Crippen LogP contribution in [-0.2, 0) is 12.7 Å². The molecule has 0 atom stereocenters. The molecule has 0 aliphatic rings. The van der Waals surface area contributed by atoms with E-state index in [4.69, 9.17) is 11.5 Å². The Morgan fingerprint density at radius 2 is 1.87 bits per heavy atom. The van der Waals surface area contributed by atoms with E-state index >= 15 is 0 Å². The van der Waals surface area contributed by atoms with E-state index in [0.29, 0.717) is 11.4 Å². The summed E-state index contributed by atoms with van der Waals surface area (Å²) in [5.41, 5.74) is 11.7. The summed E-state index contributed by atoms with van der Waals surface area (Å²) in [6, 6.07) is 8.21. The first-order chi connectivity index (χ1) is 10.7. The van der Waals surface area contributed by atoms with Gasteiger partial charge in [0.05, 0.1) is 5.56 Å². The molecule has 0 saturated heterocycles. The Labute approximate surface area is 131 Å². The topological polar surface area (TPSA) is 81.1 Å². The highest BCUT2D eigenvalue weighted by molar-refractivity contribution is 6.04. The molecule has 0 aliphatic heterocycles. The number of halogens is 3. The van der Waals surface area contributed by atoms with Crippen molar-refractivity contribution < 1.29 is 18.0 Å². The van der Waals surface area contributed by atoms with Crippen LogP contribution in [0.2, 0.25) is 0 Å². The third kappa shape index (κ3) is 3.81. The number of hydrogen-bond donors (Lipinski definition) is 3. The highest BCUT2D eigenvalue weighted by Gasteiger charge is 2.33. The van der Waals surface area contributed by atoms with Crippen molar-refractivity contribution in [1.29, 1.82) is 0 Å². The second-order valence-corrected chi connectivity index (χ2v) is 5.10. The minimum Gasteiger partial charge on any atom is -0.398 e. The first-order valence-electron chi connectivity index (χ1n) is 6.80. The fourth-order valence-electron chi connectivity index (χ4n) is 2.08. The average Bonchev–Trinajstić information content (AvgIpc) is 2.49. The number of nitrogen functional groups attached to an aromatic ring is 1. The SMILES string of the molecule is Cc1ccc(NC(=O)c2ccc(CN)c(C(F)(F)F)c2)cc1N. The van der Waals surface area contributed by atoms with E-state index in [9.17, 15) is 18.0 Å². The van der Waals surface area contributed by atoms with E-state index in [1.807, 2.05) is 6.92 Å². The zero-order valence-electron chi connectivity index (χ0n) is 12.4. The Hall–Kier alpha value is -2.54. The second-order valence-electron chi connectivity index (χ2n) is 5.10. The lowest BCUT2D eigenvalue weighted by atomic mass is 10.0. The number of amides is 1. The molecule has 4 nitrogen and oxygen atoms in total. The summed E-state index contributed by atoms with van der Waals surface area (Å²) in [5, 5.41) is 2.52. The van der Waals surface area contributed by atoms with Crippen molar-refractivity contribution >= 4 is 17.3 Å². The number of nitrogens with two attached hydrogens (primary N) is 2. The van der Waals surface area contributed by atoms with Crippen LogP contribution in [0.3, 0.4) is 0 Å². The molecule has 1 amide bonds. The Morgan fingerprint density at radius 1 is 1.17 bits per heavy atom. The molecule has 0 radical (unpaired) electrons. The van der Waals surface area contributed by atoms with Gasteiger partial charge in [0.25, 0.3) is 5.91 Å². The first-order valence-corrected chi connectivity index (χ1v) is 6.80. The number of carbonyl (C=O) groups is 1. The standard InChI is InChI=1S/C16H16F3N3O/c1-9-2-5-12(7-14(9)21)22-15(23)10-3-4-11(8-20)13(6-10)16(17,18)19/h2-7H,8,20-21H2,1H3,(H,22,23). The molecule has 122 valence electrons. The van der Waals surface area contributed by atoms with Crippen molar-refractivity contribution in [2.75, 3.05) is 11.1 Å². The van der Waals surface area contributed by atoms with Gasteiger partial charge in [-0.3, -0.25) is 4.79 Å². The van der Waals surface area contributed by atoms with Crippen LogP contribution in [0.5, 0.6) is 0 Å². The average molecular weight is 323 g/mol.